The van der Waals surface area contributed by atoms with Crippen molar-refractivity contribution in [2.75, 3.05) is 29.9 Å². The van der Waals surface area contributed by atoms with Crippen LogP contribution in [0.25, 0.3) is 16.9 Å². The molecule has 0 radical (unpaired) electrons. The lowest BCUT2D eigenvalue weighted by molar-refractivity contribution is 0.292. The van der Waals surface area contributed by atoms with Crippen LogP contribution in [0.4, 0.5) is 10.8 Å². The van der Waals surface area contributed by atoms with E-state index in [2.05, 4.69) is 40.8 Å². The van der Waals surface area contributed by atoms with Gasteiger partial charge < -0.3 is 5.32 Å². The van der Waals surface area contributed by atoms with Crippen LogP contribution in [0.2, 0.25) is 0 Å². The summed E-state index contributed by atoms with van der Waals surface area (Å²) in [5.74, 6) is 3.15. The third-order valence-corrected chi connectivity index (χ3v) is 6.38. The maximum Gasteiger partial charge on any atom is 0.180 e. The average molecular weight is 413 g/mol. The fraction of sp³-hybridized carbons (Fsp3) is 0.333. The Morgan fingerprint density at radius 1 is 1.25 bits per heavy atom. The van der Waals surface area contributed by atoms with Crippen LogP contribution in [0.1, 0.15) is 11.4 Å². The van der Waals surface area contributed by atoms with Gasteiger partial charge in [0.1, 0.15) is 5.00 Å². The Morgan fingerprint density at radius 3 is 2.96 bits per heavy atom. The number of nitrogens with one attached hydrogen (secondary N) is 2. The van der Waals surface area contributed by atoms with E-state index in [0.29, 0.717) is 0 Å². The molecule has 4 aromatic rings. The molecule has 0 aromatic carbocycles. The van der Waals surface area contributed by atoms with Crippen molar-refractivity contribution in [3.8, 4) is 11.3 Å². The van der Waals surface area contributed by atoms with Gasteiger partial charge in [-0.1, -0.05) is 0 Å². The zero-order chi connectivity index (χ0) is 18.9. The number of aromatic nitrogens is 6. The fourth-order valence-corrected chi connectivity index (χ4v) is 4.98. The molecular formula is C18H20N8S2. The number of aryl methyl sites for hydroxylation is 1. The number of thioether (sulfide) groups is 1. The first-order valence-electron chi connectivity index (χ1n) is 9.13. The molecule has 1 saturated heterocycles. The zero-order valence-electron chi connectivity index (χ0n) is 15.4. The lowest BCUT2D eigenvalue weighted by Crippen LogP contribution is -2.32. The summed E-state index contributed by atoms with van der Waals surface area (Å²) in [5.41, 5.74) is 4.76. The highest BCUT2D eigenvalue weighted by Gasteiger charge is 2.15. The van der Waals surface area contributed by atoms with Crippen LogP contribution < -0.4 is 5.32 Å². The summed E-state index contributed by atoms with van der Waals surface area (Å²) in [6.07, 6.45) is 7.49. The molecule has 0 saturated carbocycles. The van der Waals surface area contributed by atoms with E-state index in [-0.39, 0.29) is 0 Å². The number of fused-ring (bicyclic) bond motifs is 1. The van der Waals surface area contributed by atoms with E-state index in [0.717, 1.165) is 58.7 Å². The lowest BCUT2D eigenvalue weighted by atomic mass is 10.3. The standard InChI is InChI=1S/C18H20N8S2/c1-12-10-26-15(13-7-20-21-8-13)9-19-18(26)17(22-12)23-16-6-14(24-28-16)11-25-2-4-27-5-3-25/h6-10H,2-5,11H2,1H3,(H,20,21)(H,22,23). The van der Waals surface area contributed by atoms with Gasteiger partial charge in [0, 0.05) is 49.1 Å². The molecule has 5 heterocycles. The molecule has 8 nitrogen and oxygen atoms in total. The summed E-state index contributed by atoms with van der Waals surface area (Å²) >= 11 is 3.49. The van der Waals surface area contributed by atoms with Crippen LogP contribution in [0.3, 0.4) is 0 Å². The molecule has 1 fully saturated rings. The molecule has 0 aliphatic carbocycles. The van der Waals surface area contributed by atoms with E-state index in [1.54, 1.807) is 6.20 Å². The molecule has 1 aliphatic heterocycles. The van der Waals surface area contributed by atoms with E-state index in [4.69, 9.17) is 0 Å². The van der Waals surface area contributed by atoms with Gasteiger partial charge >= 0.3 is 0 Å². The minimum Gasteiger partial charge on any atom is -0.328 e. The molecule has 0 atom stereocenters. The molecule has 5 rings (SSSR count). The highest BCUT2D eigenvalue weighted by Crippen LogP contribution is 2.27. The second kappa shape index (κ2) is 7.53. The van der Waals surface area contributed by atoms with Crippen molar-refractivity contribution in [2.24, 2.45) is 0 Å². The van der Waals surface area contributed by atoms with Gasteiger partial charge in [0.15, 0.2) is 11.5 Å². The van der Waals surface area contributed by atoms with E-state index in [1.165, 1.54) is 23.0 Å². The summed E-state index contributed by atoms with van der Waals surface area (Å²) in [7, 11) is 0. The van der Waals surface area contributed by atoms with Gasteiger partial charge in [0.05, 0.1) is 29.5 Å². The second-order valence-electron chi connectivity index (χ2n) is 6.75. The summed E-state index contributed by atoms with van der Waals surface area (Å²) in [4.78, 5) is 11.7. The third kappa shape index (κ3) is 3.50. The van der Waals surface area contributed by atoms with Crippen molar-refractivity contribution in [3.63, 3.8) is 0 Å². The quantitative estimate of drug-likeness (QED) is 0.520. The van der Waals surface area contributed by atoms with Gasteiger partial charge in [-0.2, -0.15) is 21.2 Å². The number of hydrogen-bond acceptors (Lipinski definition) is 8. The smallest absolute Gasteiger partial charge is 0.180 e. The SMILES string of the molecule is Cc1cn2c(-c3cn[nH]c3)cnc2c(Nc2cc(CN3CCSCC3)ns2)n1. The molecule has 0 amide bonds. The predicted octanol–water partition coefficient (Wildman–Crippen LogP) is 3.18. The van der Waals surface area contributed by atoms with Gasteiger partial charge in [-0.3, -0.25) is 14.4 Å². The van der Waals surface area contributed by atoms with Gasteiger partial charge in [0.25, 0.3) is 0 Å². The van der Waals surface area contributed by atoms with Crippen molar-refractivity contribution in [3.05, 3.63) is 42.2 Å². The number of rotatable bonds is 5. The fourth-order valence-electron chi connectivity index (χ4n) is 3.35. The van der Waals surface area contributed by atoms with Crippen molar-refractivity contribution < 1.29 is 0 Å². The van der Waals surface area contributed by atoms with Crippen molar-refractivity contribution in [1.82, 2.24) is 33.8 Å². The lowest BCUT2D eigenvalue weighted by Gasteiger charge is -2.24. The summed E-state index contributed by atoms with van der Waals surface area (Å²) in [5, 5.41) is 11.3. The summed E-state index contributed by atoms with van der Waals surface area (Å²) in [6, 6.07) is 2.12. The molecule has 144 valence electrons. The normalized spacial score (nSPS) is 15.3. The molecule has 1 aliphatic rings. The molecule has 0 spiro atoms. The number of aromatic amines is 1. The van der Waals surface area contributed by atoms with Crippen molar-refractivity contribution in [1.29, 1.82) is 0 Å². The van der Waals surface area contributed by atoms with E-state index >= 15 is 0 Å². The van der Waals surface area contributed by atoms with Crippen molar-refractivity contribution >= 4 is 39.8 Å². The molecular weight excluding hydrogens is 392 g/mol. The third-order valence-electron chi connectivity index (χ3n) is 4.70. The van der Waals surface area contributed by atoms with Gasteiger partial charge in [-0.25, -0.2) is 9.97 Å². The van der Waals surface area contributed by atoms with E-state index in [1.807, 2.05) is 41.7 Å². The maximum absolute atomic E-state index is 4.66. The Balaban J connectivity index is 1.41. The minimum atomic E-state index is 0.735. The predicted molar refractivity (Wildman–Crippen MR) is 113 cm³/mol. The van der Waals surface area contributed by atoms with Crippen LogP contribution in [0, 0.1) is 6.92 Å². The Labute approximate surface area is 170 Å². The topological polar surface area (TPSA) is 87.0 Å². The molecule has 2 N–H and O–H groups in total. The Hall–Kier alpha value is -2.43. The summed E-state index contributed by atoms with van der Waals surface area (Å²) < 4.78 is 6.66. The van der Waals surface area contributed by atoms with Crippen LogP contribution in [0.15, 0.2) is 30.9 Å². The number of anilines is 2. The van der Waals surface area contributed by atoms with Gasteiger partial charge in [0.2, 0.25) is 0 Å². The van der Waals surface area contributed by atoms with E-state index in [9.17, 15) is 0 Å². The highest BCUT2D eigenvalue weighted by molar-refractivity contribution is 7.99. The largest absolute Gasteiger partial charge is 0.328 e. The Bertz CT molecular complexity index is 1080. The van der Waals surface area contributed by atoms with Gasteiger partial charge in [-0.15, -0.1) is 0 Å². The molecule has 10 heteroatoms. The average Bonchev–Trinajstić information content (AvgIpc) is 3.43. The monoisotopic (exact) mass is 412 g/mol. The zero-order valence-corrected chi connectivity index (χ0v) is 17.1. The maximum atomic E-state index is 4.66. The Kier molecular flexibility index (Phi) is 4.75. The second-order valence-corrected chi connectivity index (χ2v) is 8.78. The molecule has 0 bridgehead atoms. The highest BCUT2D eigenvalue weighted by atomic mass is 32.2. The van der Waals surface area contributed by atoms with Crippen molar-refractivity contribution in [2.45, 2.75) is 13.5 Å². The number of nitrogens with zero attached hydrogens (tertiary/aromatic N) is 6. The summed E-state index contributed by atoms with van der Waals surface area (Å²) in [6.45, 7) is 5.16. The number of hydrogen-bond donors (Lipinski definition) is 2. The Morgan fingerprint density at radius 2 is 2.14 bits per heavy atom. The first-order valence-corrected chi connectivity index (χ1v) is 11.1. The number of imidazole rings is 1. The van der Waals surface area contributed by atoms with Crippen LogP contribution in [-0.2, 0) is 6.54 Å². The van der Waals surface area contributed by atoms with Gasteiger partial charge in [-0.05, 0) is 24.5 Å². The van der Waals surface area contributed by atoms with E-state index < -0.39 is 0 Å². The molecule has 4 aromatic heterocycles. The first-order chi connectivity index (χ1) is 13.8. The molecule has 28 heavy (non-hydrogen) atoms. The van der Waals surface area contributed by atoms with Crippen LogP contribution >= 0.6 is 23.3 Å². The molecule has 0 unspecified atom stereocenters. The van der Waals surface area contributed by atoms with Crippen LogP contribution in [0.5, 0.6) is 0 Å². The number of H-pyrrole nitrogens is 1. The van der Waals surface area contributed by atoms with Crippen LogP contribution in [-0.4, -0.2) is 58.4 Å². The minimum absolute atomic E-state index is 0.735. The first kappa shape index (κ1) is 17.7.